The van der Waals surface area contributed by atoms with Gasteiger partial charge in [-0.15, -0.1) is 0 Å². The molecule has 0 N–H and O–H groups in total. The number of halogens is 1. The first-order chi connectivity index (χ1) is 7.74. The van der Waals surface area contributed by atoms with E-state index in [4.69, 9.17) is 0 Å². The van der Waals surface area contributed by atoms with Crippen molar-refractivity contribution in [2.75, 3.05) is 33.2 Å². The fourth-order valence-electron chi connectivity index (χ4n) is 2.02. The summed E-state index contributed by atoms with van der Waals surface area (Å²) in [4.78, 5) is 9.28. The summed E-state index contributed by atoms with van der Waals surface area (Å²) in [5.74, 6) is 0. The maximum Gasteiger partial charge on any atom is 0.0555 e. The highest BCUT2D eigenvalue weighted by molar-refractivity contribution is 9.10. The van der Waals surface area contributed by atoms with Crippen molar-refractivity contribution in [1.82, 2.24) is 14.8 Å². The summed E-state index contributed by atoms with van der Waals surface area (Å²) in [6.07, 6.45) is 3.12. The van der Waals surface area contributed by atoms with E-state index in [9.17, 15) is 0 Å². The molecule has 0 saturated carbocycles. The minimum atomic E-state index is 0.966. The van der Waals surface area contributed by atoms with Crippen LogP contribution in [0.3, 0.4) is 0 Å². The van der Waals surface area contributed by atoms with Crippen molar-refractivity contribution in [3.63, 3.8) is 0 Å². The first-order valence-corrected chi connectivity index (χ1v) is 6.55. The molecule has 0 aromatic carbocycles. The maximum absolute atomic E-state index is 4.40. The molecule has 0 bridgehead atoms. The zero-order valence-corrected chi connectivity index (χ0v) is 11.3. The van der Waals surface area contributed by atoms with Crippen LogP contribution in [0, 0.1) is 0 Å². The van der Waals surface area contributed by atoms with E-state index in [0.717, 1.165) is 29.8 Å². The minimum Gasteiger partial charge on any atom is -0.305 e. The topological polar surface area (TPSA) is 19.4 Å². The van der Waals surface area contributed by atoms with E-state index in [2.05, 4.69) is 43.8 Å². The van der Waals surface area contributed by atoms with Crippen LogP contribution in [0.2, 0.25) is 0 Å². The second-order valence-corrected chi connectivity index (χ2v) is 5.31. The van der Waals surface area contributed by atoms with E-state index in [-0.39, 0.29) is 0 Å². The summed E-state index contributed by atoms with van der Waals surface area (Å²) in [5.41, 5.74) is 1.15. The third kappa shape index (κ3) is 3.54. The summed E-state index contributed by atoms with van der Waals surface area (Å²) in [6.45, 7) is 5.66. The number of likely N-dealkylation sites (N-methyl/N-ethyl adjacent to an activating group) is 1. The lowest BCUT2D eigenvalue weighted by molar-refractivity contribution is 0.266. The Kier molecular flexibility index (Phi) is 4.32. The molecule has 0 amide bonds. The van der Waals surface area contributed by atoms with Crippen LogP contribution in [0.25, 0.3) is 0 Å². The van der Waals surface area contributed by atoms with Crippen LogP contribution < -0.4 is 0 Å². The van der Waals surface area contributed by atoms with Crippen molar-refractivity contribution in [3.05, 3.63) is 28.5 Å². The van der Waals surface area contributed by atoms with E-state index in [1.807, 2.05) is 12.3 Å². The van der Waals surface area contributed by atoms with Crippen molar-refractivity contribution in [2.24, 2.45) is 0 Å². The van der Waals surface area contributed by atoms with Gasteiger partial charge in [-0.3, -0.25) is 9.88 Å². The first kappa shape index (κ1) is 12.0. The van der Waals surface area contributed by atoms with Crippen molar-refractivity contribution in [2.45, 2.75) is 13.0 Å². The van der Waals surface area contributed by atoms with E-state index in [0.29, 0.717) is 0 Å². The van der Waals surface area contributed by atoms with Crippen LogP contribution >= 0.6 is 15.9 Å². The van der Waals surface area contributed by atoms with E-state index in [1.54, 1.807) is 0 Å². The van der Waals surface area contributed by atoms with Gasteiger partial charge in [-0.25, -0.2) is 0 Å². The number of rotatable bonds is 2. The highest BCUT2D eigenvalue weighted by atomic mass is 79.9. The lowest BCUT2D eigenvalue weighted by Gasteiger charge is -2.19. The van der Waals surface area contributed by atoms with Crippen LogP contribution in [0.5, 0.6) is 0 Å². The minimum absolute atomic E-state index is 0.966. The second kappa shape index (κ2) is 5.75. The van der Waals surface area contributed by atoms with E-state index >= 15 is 0 Å². The van der Waals surface area contributed by atoms with E-state index < -0.39 is 0 Å². The van der Waals surface area contributed by atoms with Gasteiger partial charge in [-0.05, 0) is 38.7 Å². The van der Waals surface area contributed by atoms with Crippen LogP contribution in [-0.4, -0.2) is 48.0 Å². The highest BCUT2D eigenvalue weighted by Gasteiger charge is 2.12. The van der Waals surface area contributed by atoms with Gasteiger partial charge in [0.25, 0.3) is 0 Å². The van der Waals surface area contributed by atoms with Gasteiger partial charge in [0.1, 0.15) is 0 Å². The van der Waals surface area contributed by atoms with Crippen molar-refractivity contribution < 1.29 is 0 Å². The molecule has 0 radical (unpaired) electrons. The van der Waals surface area contributed by atoms with Gasteiger partial charge >= 0.3 is 0 Å². The lowest BCUT2D eigenvalue weighted by atomic mass is 10.3. The molecule has 3 nitrogen and oxygen atoms in total. The van der Waals surface area contributed by atoms with Gasteiger partial charge in [-0.2, -0.15) is 0 Å². The number of aromatic nitrogens is 1. The summed E-state index contributed by atoms with van der Waals surface area (Å²) >= 11 is 3.49. The molecule has 2 heterocycles. The van der Waals surface area contributed by atoms with Gasteiger partial charge in [0, 0.05) is 30.3 Å². The molecule has 1 aromatic heterocycles. The molecule has 4 heteroatoms. The molecule has 1 aromatic rings. The number of hydrogen-bond acceptors (Lipinski definition) is 3. The summed E-state index contributed by atoms with van der Waals surface area (Å²) in [5, 5.41) is 0. The molecule has 16 heavy (non-hydrogen) atoms. The standard InChI is InChI=1S/C12H18BrN3/c1-15-5-2-6-16(8-7-15)10-12-9-11(13)3-4-14-12/h3-4,9H,2,5-8,10H2,1H3. The summed E-state index contributed by atoms with van der Waals surface area (Å²) in [6, 6.07) is 4.08. The zero-order chi connectivity index (χ0) is 11.4. The quantitative estimate of drug-likeness (QED) is 0.828. The molecular weight excluding hydrogens is 266 g/mol. The monoisotopic (exact) mass is 283 g/mol. The molecule has 1 saturated heterocycles. The Morgan fingerprint density at radius 1 is 1.31 bits per heavy atom. The molecule has 0 atom stereocenters. The molecule has 1 aliphatic rings. The van der Waals surface area contributed by atoms with Crippen LogP contribution in [0.1, 0.15) is 12.1 Å². The predicted molar refractivity (Wildman–Crippen MR) is 69.3 cm³/mol. The Labute approximate surface area is 106 Å². The second-order valence-electron chi connectivity index (χ2n) is 4.40. The van der Waals surface area contributed by atoms with Crippen molar-refractivity contribution in [3.8, 4) is 0 Å². The molecule has 88 valence electrons. The van der Waals surface area contributed by atoms with E-state index in [1.165, 1.54) is 19.5 Å². The Morgan fingerprint density at radius 3 is 3.00 bits per heavy atom. The maximum atomic E-state index is 4.40. The third-order valence-corrected chi connectivity index (χ3v) is 3.47. The smallest absolute Gasteiger partial charge is 0.0555 e. The average molecular weight is 284 g/mol. The van der Waals surface area contributed by atoms with Gasteiger partial charge in [0.2, 0.25) is 0 Å². The summed E-state index contributed by atoms with van der Waals surface area (Å²) in [7, 11) is 2.20. The molecule has 1 aliphatic heterocycles. The fourth-order valence-corrected chi connectivity index (χ4v) is 2.40. The van der Waals surface area contributed by atoms with Gasteiger partial charge in [0.05, 0.1) is 5.69 Å². The highest BCUT2D eigenvalue weighted by Crippen LogP contribution is 2.12. The third-order valence-electron chi connectivity index (χ3n) is 2.98. The molecule has 0 spiro atoms. The Balaban J connectivity index is 1.93. The SMILES string of the molecule is CN1CCCN(Cc2cc(Br)ccn2)CC1. The average Bonchev–Trinajstić information content (AvgIpc) is 2.44. The Hall–Kier alpha value is -0.450. The van der Waals surface area contributed by atoms with Gasteiger partial charge < -0.3 is 4.90 Å². The van der Waals surface area contributed by atoms with Gasteiger partial charge in [-0.1, -0.05) is 15.9 Å². The zero-order valence-electron chi connectivity index (χ0n) is 9.69. The van der Waals surface area contributed by atoms with Crippen LogP contribution in [0.4, 0.5) is 0 Å². The summed E-state index contributed by atoms with van der Waals surface area (Å²) < 4.78 is 1.12. The normalized spacial score (nSPS) is 19.6. The molecule has 0 aliphatic carbocycles. The Bertz CT molecular complexity index is 343. The van der Waals surface area contributed by atoms with Gasteiger partial charge in [0.15, 0.2) is 0 Å². The number of nitrogens with zero attached hydrogens (tertiary/aromatic N) is 3. The molecular formula is C12H18BrN3. The fraction of sp³-hybridized carbons (Fsp3) is 0.583. The van der Waals surface area contributed by atoms with Crippen LogP contribution in [-0.2, 0) is 6.54 Å². The Morgan fingerprint density at radius 2 is 2.19 bits per heavy atom. The van der Waals surface area contributed by atoms with Crippen molar-refractivity contribution in [1.29, 1.82) is 0 Å². The van der Waals surface area contributed by atoms with Crippen molar-refractivity contribution >= 4 is 15.9 Å². The molecule has 2 rings (SSSR count). The molecule has 1 fully saturated rings. The number of hydrogen-bond donors (Lipinski definition) is 0. The largest absolute Gasteiger partial charge is 0.305 e. The first-order valence-electron chi connectivity index (χ1n) is 5.75. The lowest BCUT2D eigenvalue weighted by Crippen LogP contribution is -2.28. The predicted octanol–water partition coefficient (Wildman–Crippen LogP) is 1.98. The van der Waals surface area contributed by atoms with Crippen LogP contribution in [0.15, 0.2) is 22.8 Å². The number of pyridine rings is 1. The molecule has 0 unspecified atom stereocenters.